The van der Waals surface area contributed by atoms with Gasteiger partial charge < -0.3 is 5.32 Å². The minimum absolute atomic E-state index is 0.00978. The lowest BCUT2D eigenvalue weighted by atomic mass is 10.2. The van der Waals surface area contributed by atoms with Crippen LogP contribution in [0.3, 0.4) is 0 Å². The highest BCUT2D eigenvalue weighted by molar-refractivity contribution is 7.89. The first kappa shape index (κ1) is 17.2. The molecule has 22 heavy (non-hydrogen) atoms. The fourth-order valence-corrected chi connectivity index (χ4v) is 3.94. The van der Waals surface area contributed by atoms with Gasteiger partial charge in [0.05, 0.1) is 16.3 Å². The zero-order chi connectivity index (χ0) is 16.2. The third kappa shape index (κ3) is 4.66. The Hall–Kier alpha value is -1.18. The summed E-state index contributed by atoms with van der Waals surface area (Å²) in [6, 6.07) is 3.91. The highest BCUT2D eigenvalue weighted by atomic mass is 35.5. The quantitative estimate of drug-likeness (QED) is 0.826. The molecule has 1 aromatic carbocycles. The molecule has 122 valence electrons. The van der Waals surface area contributed by atoms with Crippen LogP contribution < -0.4 is 10.0 Å². The number of nitrogens with one attached hydrogen (secondary N) is 2. The van der Waals surface area contributed by atoms with Crippen molar-refractivity contribution in [2.45, 2.75) is 31.7 Å². The number of halogens is 2. The Bertz CT molecular complexity index is 625. The van der Waals surface area contributed by atoms with Gasteiger partial charge in [-0.2, -0.15) is 0 Å². The van der Waals surface area contributed by atoms with Crippen molar-refractivity contribution in [3.8, 4) is 0 Å². The van der Waals surface area contributed by atoms with Gasteiger partial charge in [-0.05, 0) is 25.0 Å². The normalized spacial score (nSPS) is 15.9. The highest BCUT2D eigenvalue weighted by Crippen LogP contribution is 2.19. The van der Waals surface area contributed by atoms with E-state index in [1.54, 1.807) is 0 Å². The van der Waals surface area contributed by atoms with Crippen LogP contribution >= 0.6 is 11.6 Å². The molecule has 1 saturated carbocycles. The van der Waals surface area contributed by atoms with E-state index >= 15 is 0 Å². The number of sulfonamides is 1. The molecule has 0 saturated heterocycles. The third-order valence-corrected chi connectivity index (χ3v) is 5.30. The molecule has 1 aliphatic rings. The summed E-state index contributed by atoms with van der Waals surface area (Å²) in [5.41, 5.74) is -0.273. The van der Waals surface area contributed by atoms with E-state index in [2.05, 4.69) is 10.0 Å². The van der Waals surface area contributed by atoms with Crippen molar-refractivity contribution in [2.24, 2.45) is 0 Å². The van der Waals surface area contributed by atoms with E-state index in [0.717, 1.165) is 31.7 Å². The number of carbonyl (C=O) groups excluding carboxylic acids is 1. The number of benzene rings is 1. The molecule has 8 heteroatoms. The molecule has 0 unspecified atom stereocenters. The molecule has 1 aromatic rings. The van der Waals surface area contributed by atoms with Crippen molar-refractivity contribution in [3.05, 3.63) is 34.6 Å². The lowest BCUT2D eigenvalue weighted by Crippen LogP contribution is -2.38. The van der Waals surface area contributed by atoms with Crippen LogP contribution in [0.4, 0.5) is 4.39 Å². The van der Waals surface area contributed by atoms with Crippen molar-refractivity contribution in [3.63, 3.8) is 0 Å². The largest absolute Gasteiger partial charge is 0.351 e. The summed E-state index contributed by atoms with van der Waals surface area (Å²) in [5.74, 6) is -1.71. The van der Waals surface area contributed by atoms with Gasteiger partial charge in [-0.25, -0.2) is 17.5 Å². The predicted octanol–water partition coefficient (Wildman–Crippen LogP) is 2.07. The summed E-state index contributed by atoms with van der Waals surface area (Å²) < 4.78 is 39.9. The summed E-state index contributed by atoms with van der Waals surface area (Å²) in [4.78, 5) is 11.9. The molecule has 0 aromatic heterocycles. The average Bonchev–Trinajstić information content (AvgIpc) is 2.90. The van der Waals surface area contributed by atoms with E-state index in [0.29, 0.717) is 0 Å². The van der Waals surface area contributed by atoms with E-state index in [1.807, 2.05) is 0 Å². The van der Waals surface area contributed by atoms with Crippen LogP contribution in [-0.4, -0.2) is 32.7 Å². The third-order valence-electron chi connectivity index (χ3n) is 3.55. The molecule has 1 aliphatic carbocycles. The highest BCUT2D eigenvalue weighted by Gasteiger charge is 2.22. The zero-order valence-electron chi connectivity index (χ0n) is 11.9. The van der Waals surface area contributed by atoms with Gasteiger partial charge in [0.2, 0.25) is 10.0 Å². The Balaban J connectivity index is 1.86. The maximum Gasteiger partial charge on any atom is 0.255 e. The average molecular weight is 349 g/mol. The monoisotopic (exact) mass is 348 g/mol. The van der Waals surface area contributed by atoms with Crippen LogP contribution in [0.5, 0.6) is 0 Å². The van der Waals surface area contributed by atoms with Gasteiger partial charge in [0.1, 0.15) is 5.82 Å². The molecular formula is C14H18ClFN2O3S. The first-order chi connectivity index (χ1) is 10.4. The van der Waals surface area contributed by atoms with E-state index in [1.165, 1.54) is 12.1 Å². The molecule has 0 radical (unpaired) electrons. The second-order valence-electron chi connectivity index (χ2n) is 5.27. The lowest BCUT2D eigenvalue weighted by Gasteiger charge is -2.13. The minimum atomic E-state index is -3.45. The number of hydrogen-bond donors (Lipinski definition) is 2. The Labute approximate surface area is 134 Å². The van der Waals surface area contributed by atoms with Gasteiger partial charge in [-0.3, -0.25) is 4.79 Å². The topological polar surface area (TPSA) is 75.3 Å². The minimum Gasteiger partial charge on any atom is -0.351 e. The number of hydrogen-bond acceptors (Lipinski definition) is 3. The molecule has 0 bridgehead atoms. The molecule has 2 N–H and O–H groups in total. The Morgan fingerprint density at radius 3 is 2.64 bits per heavy atom. The fraction of sp³-hybridized carbons (Fsp3) is 0.500. The number of carbonyl (C=O) groups is 1. The summed E-state index contributed by atoms with van der Waals surface area (Å²) >= 11 is 5.78. The maximum absolute atomic E-state index is 13.6. The van der Waals surface area contributed by atoms with Crippen LogP contribution in [0.1, 0.15) is 36.0 Å². The van der Waals surface area contributed by atoms with Crippen LogP contribution in [-0.2, 0) is 10.0 Å². The van der Waals surface area contributed by atoms with Gasteiger partial charge in [0.15, 0.2) is 0 Å². The van der Waals surface area contributed by atoms with Crippen LogP contribution in [0.25, 0.3) is 0 Å². The van der Waals surface area contributed by atoms with E-state index < -0.39 is 21.7 Å². The van der Waals surface area contributed by atoms with Crippen molar-refractivity contribution < 1.29 is 17.6 Å². The summed E-state index contributed by atoms with van der Waals surface area (Å²) in [7, 11) is -3.45. The van der Waals surface area contributed by atoms with Crippen LogP contribution in [0, 0.1) is 5.82 Å². The molecule has 2 rings (SSSR count). The molecule has 5 nitrogen and oxygen atoms in total. The van der Waals surface area contributed by atoms with Gasteiger partial charge in [0.25, 0.3) is 5.91 Å². The predicted molar refractivity (Wildman–Crippen MR) is 82.9 cm³/mol. The SMILES string of the molecule is O=C(NCCS(=O)(=O)NC1CCCC1)c1c(F)cccc1Cl. The van der Waals surface area contributed by atoms with Crippen LogP contribution in [0.2, 0.25) is 5.02 Å². The molecule has 0 atom stereocenters. The fourth-order valence-electron chi connectivity index (χ4n) is 2.46. The van der Waals surface area contributed by atoms with Crippen LogP contribution in [0.15, 0.2) is 18.2 Å². The standard InChI is InChI=1S/C14H18ClFN2O3S/c15-11-6-3-7-12(16)13(11)14(19)17-8-9-22(20,21)18-10-4-1-2-5-10/h3,6-7,10,18H,1-2,4-5,8-9H2,(H,17,19). The van der Waals surface area contributed by atoms with Gasteiger partial charge in [-0.1, -0.05) is 30.5 Å². The zero-order valence-corrected chi connectivity index (χ0v) is 13.5. The van der Waals surface area contributed by atoms with E-state index in [4.69, 9.17) is 11.6 Å². The van der Waals surface area contributed by atoms with Crippen molar-refractivity contribution in [1.29, 1.82) is 0 Å². The second kappa shape index (κ2) is 7.39. The van der Waals surface area contributed by atoms with Gasteiger partial charge in [-0.15, -0.1) is 0 Å². The molecular weight excluding hydrogens is 331 g/mol. The molecule has 0 spiro atoms. The van der Waals surface area contributed by atoms with Gasteiger partial charge in [0, 0.05) is 12.6 Å². The van der Waals surface area contributed by atoms with Crippen molar-refractivity contribution >= 4 is 27.5 Å². The van der Waals surface area contributed by atoms with Crippen molar-refractivity contribution in [1.82, 2.24) is 10.0 Å². The number of amides is 1. The lowest BCUT2D eigenvalue weighted by molar-refractivity contribution is 0.0952. The first-order valence-electron chi connectivity index (χ1n) is 7.11. The summed E-state index contributed by atoms with van der Waals surface area (Å²) in [6.45, 7) is -0.106. The summed E-state index contributed by atoms with van der Waals surface area (Å²) in [5, 5.41) is 2.37. The Morgan fingerprint density at radius 1 is 1.32 bits per heavy atom. The molecule has 0 heterocycles. The van der Waals surface area contributed by atoms with Gasteiger partial charge >= 0.3 is 0 Å². The van der Waals surface area contributed by atoms with Crippen molar-refractivity contribution in [2.75, 3.05) is 12.3 Å². The second-order valence-corrected chi connectivity index (χ2v) is 7.55. The smallest absolute Gasteiger partial charge is 0.255 e. The molecule has 1 amide bonds. The molecule has 1 fully saturated rings. The summed E-state index contributed by atoms with van der Waals surface area (Å²) in [6.07, 6.45) is 3.73. The maximum atomic E-state index is 13.6. The Morgan fingerprint density at radius 2 is 2.00 bits per heavy atom. The van der Waals surface area contributed by atoms with E-state index in [9.17, 15) is 17.6 Å². The van der Waals surface area contributed by atoms with E-state index in [-0.39, 0.29) is 28.9 Å². The molecule has 0 aliphatic heterocycles. The first-order valence-corrected chi connectivity index (χ1v) is 9.14. The number of rotatable bonds is 6. The Kier molecular flexibility index (Phi) is 5.77.